The molecule has 1 aromatic heterocycles. The van der Waals surface area contributed by atoms with Gasteiger partial charge in [0.15, 0.2) is 0 Å². The Hall–Kier alpha value is -1.87. The standard InChI is InChI=1S/C17H26N5O4PS/c1-4-17(5-2,9-10-27(24,25)26)19-16(23)18-13-8-6-7-12(11-13)14-15(28)20-21-22(14)3/h6-8,11,28H,4-5,9-10H2,1-3H3,(H2,18,19,23)(H2,24,25,26). The van der Waals surface area contributed by atoms with Crippen LogP contribution in [0.4, 0.5) is 10.5 Å². The lowest BCUT2D eigenvalue weighted by atomic mass is 9.90. The van der Waals surface area contributed by atoms with Crippen molar-refractivity contribution in [3.8, 4) is 11.3 Å². The van der Waals surface area contributed by atoms with Crippen LogP contribution in [0, 0.1) is 0 Å². The van der Waals surface area contributed by atoms with Gasteiger partial charge in [-0.05, 0) is 31.4 Å². The zero-order valence-electron chi connectivity index (χ0n) is 16.1. The molecule has 9 nitrogen and oxygen atoms in total. The van der Waals surface area contributed by atoms with Crippen molar-refractivity contribution in [1.82, 2.24) is 20.3 Å². The van der Waals surface area contributed by atoms with Crippen LogP contribution in [-0.2, 0) is 11.6 Å². The van der Waals surface area contributed by atoms with E-state index in [1.807, 2.05) is 19.9 Å². The van der Waals surface area contributed by atoms with E-state index in [0.717, 1.165) is 11.3 Å². The Kier molecular flexibility index (Phi) is 7.28. The quantitative estimate of drug-likeness (QED) is 0.325. The number of aromatic nitrogens is 3. The van der Waals surface area contributed by atoms with Gasteiger partial charge in [0.2, 0.25) is 0 Å². The SMILES string of the molecule is CCC(CC)(CCP(=O)(O)O)NC(=O)Nc1cccc(-c2c(S)nnn2C)c1. The Morgan fingerprint density at radius 2 is 2.00 bits per heavy atom. The molecule has 2 amide bonds. The van der Waals surface area contributed by atoms with Crippen molar-refractivity contribution in [2.75, 3.05) is 11.5 Å². The maximum atomic E-state index is 12.5. The van der Waals surface area contributed by atoms with Crippen molar-refractivity contribution in [2.45, 2.75) is 43.7 Å². The van der Waals surface area contributed by atoms with E-state index in [1.165, 1.54) is 0 Å². The Morgan fingerprint density at radius 1 is 1.32 bits per heavy atom. The van der Waals surface area contributed by atoms with Crippen LogP contribution in [0.2, 0.25) is 0 Å². The number of hydrogen-bond donors (Lipinski definition) is 5. The van der Waals surface area contributed by atoms with Crippen LogP contribution in [0.25, 0.3) is 11.3 Å². The van der Waals surface area contributed by atoms with Gasteiger partial charge in [-0.1, -0.05) is 31.2 Å². The molecule has 28 heavy (non-hydrogen) atoms. The van der Waals surface area contributed by atoms with Gasteiger partial charge in [0, 0.05) is 23.8 Å². The molecule has 1 aromatic carbocycles. The van der Waals surface area contributed by atoms with Gasteiger partial charge in [0.25, 0.3) is 0 Å². The number of nitrogens with one attached hydrogen (secondary N) is 2. The highest BCUT2D eigenvalue weighted by atomic mass is 32.1. The molecule has 0 aliphatic heterocycles. The van der Waals surface area contributed by atoms with E-state index in [4.69, 9.17) is 0 Å². The molecule has 11 heteroatoms. The molecule has 1 heterocycles. The fraction of sp³-hybridized carbons (Fsp3) is 0.471. The monoisotopic (exact) mass is 427 g/mol. The molecule has 0 saturated carbocycles. The molecular weight excluding hydrogens is 401 g/mol. The maximum absolute atomic E-state index is 12.5. The number of hydrogen-bond acceptors (Lipinski definition) is 5. The minimum Gasteiger partial charge on any atom is -0.332 e. The first-order chi connectivity index (χ1) is 13.1. The van der Waals surface area contributed by atoms with Crippen LogP contribution in [0.15, 0.2) is 29.3 Å². The van der Waals surface area contributed by atoms with Crippen molar-refractivity contribution in [1.29, 1.82) is 0 Å². The number of carbonyl (C=O) groups is 1. The molecule has 154 valence electrons. The van der Waals surface area contributed by atoms with Gasteiger partial charge < -0.3 is 20.4 Å². The molecule has 0 saturated heterocycles. The van der Waals surface area contributed by atoms with Crippen molar-refractivity contribution in [2.24, 2.45) is 7.05 Å². The molecule has 0 spiro atoms. The fourth-order valence-electron chi connectivity index (χ4n) is 3.01. The molecule has 0 radical (unpaired) electrons. The molecule has 0 bridgehead atoms. The lowest BCUT2D eigenvalue weighted by Crippen LogP contribution is -2.49. The Balaban J connectivity index is 2.13. The minimum absolute atomic E-state index is 0.196. The molecule has 0 aliphatic carbocycles. The number of benzene rings is 1. The summed E-state index contributed by atoms with van der Waals surface area (Å²) < 4.78 is 12.8. The van der Waals surface area contributed by atoms with E-state index in [1.54, 1.807) is 29.9 Å². The zero-order chi connectivity index (χ0) is 20.9. The first-order valence-electron chi connectivity index (χ1n) is 8.92. The summed E-state index contributed by atoms with van der Waals surface area (Å²) in [4.78, 5) is 30.9. The highest BCUT2D eigenvalue weighted by Crippen LogP contribution is 2.38. The average molecular weight is 427 g/mol. The van der Waals surface area contributed by atoms with Gasteiger partial charge in [-0.25, -0.2) is 9.48 Å². The molecule has 0 fully saturated rings. The maximum Gasteiger partial charge on any atom is 0.325 e. The van der Waals surface area contributed by atoms with Gasteiger partial charge >= 0.3 is 13.6 Å². The first kappa shape index (κ1) is 22.4. The lowest BCUT2D eigenvalue weighted by Gasteiger charge is -2.33. The zero-order valence-corrected chi connectivity index (χ0v) is 17.9. The Bertz CT molecular complexity index is 859. The minimum atomic E-state index is -4.14. The number of rotatable bonds is 8. The molecule has 2 rings (SSSR count). The summed E-state index contributed by atoms with van der Waals surface area (Å²) >= 11 is 4.30. The Morgan fingerprint density at radius 3 is 2.54 bits per heavy atom. The summed E-state index contributed by atoms with van der Waals surface area (Å²) in [5, 5.41) is 14.0. The number of amides is 2. The van der Waals surface area contributed by atoms with Gasteiger partial charge in [0.05, 0.1) is 6.16 Å². The molecule has 2 aromatic rings. The largest absolute Gasteiger partial charge is 0.332 e. The molecular formula is C17H26N5O4PS. The number of anilines is 1. The van der Waals surface area contributed by atoms with Crippen LogP contribution >= 0.6 is 20.2 Å². The van der Waals surface area contributed by atoms with Crippen molar-refractivity contribution < 1.29 is 19.1 Å². The molecule has 0 atom stereocenters. The van der Waals surface area contributed by atoms with E-state index >= 15 is 0 Å². The van der Waals surface area contributed by atoms with Crippen LogP contribution in [0.3, 0.4) is 0 Å². The third kappa shape index (κ3) is 5.81. The van der Waals surface area contributed by atoms with Gasteiger partial charge in [-0.3, -0.25) is 4.57 Å². The van der Waals surface area contributed by atoms with E-state index in [9.17, 15) is 19.1 Å². The van der Waals surface area contributed by atoms with Crippen molar-refractivity contribution >= 4 is 31.9 Å². The summed E-state index contributed by atoms with van der Waals surface area (Å²) in [5.74, 6) is 0. The number of aryl methyl sites for hydroxylation is 1. The van der Waals surface area contributed by atoms with Gasteiger partial charge in [-0.15, -0.1) is 17.7 Å². The summed E-state index contributed by atoms with van der Waals surface area (Å²) in [6.45, 7) is 3.77. The number of thiol groups is 1. The first-order valence-corrected chi connectivity index (χ1v) is 11.2. The number of nitrogens with zero attached hydrogens (tertiary/aromatic N) is 3. The molecule has 0 unspecified atom stereocenters. The second kappa shape index (κ2) is 9.09. The Labute approximate surface area is 169 Å². The summed E-state index contributed by atoms with van der Waals surface area (Å²) in [5.41, 5.74) is 1.41. The fourth-order valence-corrected chi connectivity index (χ4v) is 4.05. The third-order valence-electron chi connectivity index (χ3n) is 4.82. The van der Waals surface area contributed by atoms with Crippen molar-refractivity contribution in [3.05, 3.63) is 24.3 Å². The molecule has 4 N–H and O–H groups in total. The third-order valence-corrected chi connectivity index (χ3v) is 5.92. The summed E-state index contributed by atoms with van der Waals surface area (Å²) in [7, 11) is -2.38. The second-order valence-electron chi connectivity index (χ2n) is 6.67. The highest BCUT2D eigenvalue weighted by Gasteiger charge is 2.31. The van der Waals surface area contributed by atoms with E-state index in [-0.39, 0.29) is 12.6 Å². The van der Waals surface area contributed by atoms with Gasteiger partial charge in [-0.2, -0.15) is 0 Å². The second-order valence-corrected chi connectivity index (χ2v) is 8.87. The van der Waals surface area contributed by atoms with Crippen LogP contribution in [-0.4, -0.2) is 42.5 Å². The topological polar surface area (TPSA) is 129 Å². The van der Waals surface area contributed by atoms with Crippen molar-refractivity contribution in [3.63, 3.8) is 0 Å². The van der Waals surface area contributed by atoms with E-state index in [2.05, 4.69) is 33.6 Å². The number of carbonyl (C=O) groups excluding carboxylic acids is 1. The van der Waals surface area contributed by atoms with Crippen LogP contribution < -0.4 is 10.6 Å². The highest BCUT2D eigenvalue weighted by molar-refractivity contribution is 7.80. The summed E-state index contributed by atoms with van der Waals surface area (Å²) in [6.07, 6.45) is 1.03. The van der Waals surface area contributed by atoms with Gasteiger partial charge in [0.1, 0.15) is 10.7 Å². The van der Waals surface area contributed by atoms with Crippen LogP contribution in [0.5, 0.6) is 0 Å². The predicted molar refractivity (Wildman–Crippen MR) is 111 cm³/mol. The van der Waals surface area contributed by atoms with E-state index < -0.39 is 19.2 Å². The predicted octanol–water partition coefficient (Wildman–Crippen LogP) is 3.02. The summed E-state index contributed by atoms with van der Waals surface area (Å²) in [6, 6.07) is 6.77. The molecule has 0 aliphatic rings. The van der Waals surface area contributed by atoms with E-state index in [0.29, 0.717) is 23.6 Å². The smallest absolute Gasteiger partial charge is 0.325 e. The van der Waals surface area contributed by atoms with Crippen LogP contribution in [0.1, 0.15) is 33.1 Å². The number of urea groups is 1. The average Bonchev–Trinajstić information content (AvgIpc) is 2.96. The lowest BCUT2D eigenvalue weighted by molar-refractivity contribution is 0.228. The normalized spacial score (nSPS) is 12.1.